The van der Waals surface area contributed by atoms with E-state index in [2.05, 4.69) is 5.32 Å². The molecule has 7 heteroatoms. The molecule has 0 spiro atoms. The second-order valence-corrected chi connectivity index (χ2v) is 2.43. The summed E-state index contributed by atoms with van der Waals surface area (Å²) in [6.07, 6.45) is 0.975. The van der Waals surface area contributed by atoms with Crippen LogP contribution in [0.5, 0.6) is 0 Å². The van der Waals surface area contributed by atoms with E-state index in [0.29, 0.717) is 19.4 Å². The molecule has 0 rings (SSSR count). The second kappa shape index (κ2) is 7.85. The Morgan fingerprint density at radius 3 is 2.54 bits per heavy atom. The van der Waals surface area contributed by atoms with Crippen LogP contribution in [0.4, 0.5) is 0 Å². The Hall–Kier alpha value is -0.781. The summed E-state index contributed by atoms with van der Waals surface area (Å²) < 4.78 is 0. The molecule has 0 aliphatic carbocycles. The van der Waals surface area contributed by atoms with Crippen molar-refractivity contribution in [1.29, 1.82) is 5.41 Å². The number of nitrogens with one attached hydrogen (secondary N) is 2. The third-order valence-electron chi connectivity index (χ3n) is 1.32. The van der Waals surface area contributed by atoms with Crippen LogP contribution in [-0.4, -0.2) is 46.7 Å². The zero-order valence-electron chi connectivity index (χ0n) is 7.21. The van der Waals surface area contributed by atoms with E-state index in [4.69, 9.17) is 22.0 Å². The fraction of sp³-hybridized carbons (Fsp3) is 0.667. The van der Waals surface area contributed by atoms with Crippen molar-refractivity contribution in [3.8, 4) is 0 Å². The van der Waals surface area contributed by atoms with Crippen LogP contribution in [0, 0.1) is 5.41 Å². The first-order chi connectivity index (χ1) is 5.54. The molecule has 0 aromatic rings. The van der Waals surface area contributed by atoms with Gasteiger partial charge in [0.2, 0.25) is 0 Å². The molecular formula is C6H16N4O2Se. The predicted octanol–water partition coefficient (Wildman–Crippen LogP) is -2.25. The fourth-order valence-corrected chi connectivity index (χ4v) is 0.669. The van der Waals surface area contributed by atoms with Gasteiger partial charge >= 0.3 is 23.0 Å². The first-order valence-electron chi connectivity index (χ1n) is 3.60. The zero-order chi connectivity index (χ0) is 9.56. The Morgan fingerprint density at radius 2 is 2.15 bits per heavy atom. The number of aliphatic carboxylic acids is 1. The molecule has 0 aliphatic heterocycles. The Kier molecular flexibility index (Phi) is 8.89. The number of nitrogens with two attached hydrogens (primary N) is 2. The molecule has 0 aromatic heterocycles. The summed E-state index contributed by atoms with van der Waals surface area (Å²) in [6, 6.07) is -0.821. The molecular weight excluding hydrogens is 239 g/mol. The molecule has 0 saturated carbocycles. The van der Waals surface area contributed by atoms with E-state index in [1.54, 1.807) is 0 Å². The van der Waals surface area contributed by atoms with Gasteiger partial charge in [-0.3, -0.25) is 10.2 Å². The Balaban J connectivity index is 0. The number of carboxylic acids is 1. The van der Waals surface area contributed by atoms with Gasteiger partial charge in [0.05, 0.1) is 0 Å². The molecule has 0 unspecified atom stereocenters. The van der Waals surface area contributed by atoms with E-state index in [0.717, 1.165) is 0 Å². The first-order valence-corrected chi connectivity index (χ1v) is 3.60. The Bertz CT molecular complexity index is 176. The van der Waals surface area contributed by atoms with Crippen molar-refractivity contribution < 1.29 is 9.90 Å². The van der Waals surface area contributed by atoms with Gasteiger partial charge in [-0.25, -0.2) is 0 Å². The summed E-state index contributed by atoms with van der Waals surface area (Å²) >= 11 is 0. The van der Waals surface area contributed by atoms with Gasteiger partial charge in [0, 0.05) is 6.54 Å². The van der Waals surface area contributed by atoms with Gasteiger partial charge in [-0.1, -0.05) is 0 Å². The van der Waals surface area contributed by atoms with Crippen molar-refractivity contribution in [1.82, 2.24) is 5.32 Å². The topological polar surface area (TPSA) is 125 Å². The maximum absolute atomic E-state index is 10.2. The van der Waals surface area contributed by atoms with Crippen LogP contribution in [0.25, 0.3) is 0 Å². The summed E-state index contributed by atoms with van der Waals surface area (Å²) in [4.78, 5) is 10.2. The number of carbonyl (C=O) groups is 1. The van der Waals surface area contributed by atoms with Crippen LogP contribution >= 0.6 is 0 Å². The molecule has 0 heterocycles. The SMILES string of the molecule is N=C(N)NCCC[C@H](N)C(=O)O.[SeH2]. The number of rotatable bonds is 5. The van der Waals surface area contributed by atoms with Gasteiger partial charge in [0.15, 0.2) is 5.96 Å². The molecule has 0 saturated heterocycles. The minimum absolute atomic E-state index is 0. The average Bonchev–Trinajstić information content (AvgIpc) is 1.97. The van der Waals surface area contributed by atoms with Crippen LogP contribution in [0.2, 0.25) is 0 Å². The summed E-state index contributed by atoms with van der Waals surface area (Å²) in [7, 11) is 0. The molecule has 6 nitrogen and oxygen atoms in total. The van der Waals surface area contributed by atoms with E-state index < -0.39 is 12.0 Å². The van der Waals surface area contributed by atoms with E-state index in [9.17, 15) is 4.79 Å². The van der Waals surface area contributed by atoms with Gasteiger partial charge in [-0.15, -0.1) is 0 Å². The Labute approximate surface area is 87.0 Å². The van der Waals surface area contributed by atoms with Crippen LogP contribution in [-0.2, 0) is 4.79 Å². The minimum atomic E-state index is -1.00. The fourth-order valence-electron chi connectivity index (χ4n) is 0.669. The molecule has 0 fully saturated rings. The average molecular weight is 255 g/mol. The van der Waals surface area contributed by atoms with E-state index in [-0.39, 0.29) is 23.0 Å². The number of guanidine groups is 1. The van der Waals surface area contributed by atoms with Crippen LogP contribution < -0.4 is 16.8 Å². The standard InChI is InChI=1S/C6H14N4O2.H2Se/c7-4(5(11)12)2-1-3-10-6(8)9;/h4H,1-3,7H2,(H,11,12)(H4,8,9,10);1H2/t4-;/m0./s1. The summed E-state index contributed by atoms with van der Waals surface area (Å²) in [5.74, 6) is -1.11. The van der Waals surface area contributed by atoms with Crippen molar-refractivity contribution in [2.24, 2.45) is 11.5 Å². The second-order valence-electron chi connectivity index (χ2n) is 2.43. The number of hydrogen-bond donors (Lipinski definition) is 5. The van der Waals surface area contributed by atoms with Crippen LogP contribution in [0.15, 0.2) is 0 Å². The quantitative estimate of drug-likeness (QED) is 0.164. The summed E-state index contributed by atoms with van der Waals surface area (Å²) in [6.45, 7) is 0.482. The molecule has 1 atom stereocenters. The molecule has 7 N–H and O–H groups in total. The van der Waals surface area contributed by atoms with Gasteiger partial charge in [0.1, 0.15) is 6.04 Å². The van der Waals surface area contributed by atoms with Crippen molar-refractivity contribution in [2.45, 2.75) is 18.9 Å². The third kappa shape index (κ3) is 9.13. The molecule has 13 heavy (non-hydrogen) atoms. The first kappa shape index (κ1) is 14.7. The zero-order valence-corrected chi connectivity index (χ0v) is 9.31. The normalized spacial score (nSPS) is 11.2. The van der Waals surface area contributed by atoms with Gasteiger partial charge in [0.25, 0.3) is 0 Å². The van der Waals surface area contributed by atoms with Gasteiger partial charge < -0.3 is 21.9 Å². The maximum atomic E-state index is 10.2. The predicted molar refractivity (Wildman–Crippen MR) is 53.3 cm³/mol. The van der Waals surface area contributed by atoms with E-state index >= 15 is 0 Å². The third-order valence-corrected chi connectivity index (χ3v) is 1.32. The van der Waals surface area contributed by atoms with Crippen molar-refractivity contribution in [3.63, 3.8) is 0 Å². The van der Waals surface area contributed by atoms with Crippen molar-refractivity contribution in [2.75, 3.05) is 6.54 Å². The molecule has 0 bridgehead atoms. The van der Waals surface area contributed by atoms with Crippen LogP contribution in [0.3, 0.4) is 0 Å². The van der Waals surface area contributed by atoms with Crippen molar-refractivity contribution >= 4 is 29.0 Å². The number of hydrogen-bond acceptors (Lipinski definition) is 3. The van der Waals surface area contributed by atoms with E-state index in [1.807, 2.05) is 0 Å². The summed E-state index contributed by atoms with van der Waals surface area (Å²) in [5.41, 5.74) is 10.2. The molecule has 0 amide bonds. The van der Waals surface area contributed by atoms with Crippen molar-refractivity contribution in [3.05, 3.63) is 0 Å². The van der Waals surface area contributed by atoms with E-state index in [1.165, 1.54) is 0 Å². The molecule has 78 valence electrons. The molecule has 0 aliphatic rings. The van der Waals surface area contributed by atoms with Gasteiger partial charge in [-0.2, -0.15) is 0 Å². The monoisotopic (exact) mass is 256 g/mol. The number of carboxylic acid groups (broad SMARTS) is 1. The molecule has 0 radical (unpaired) electrons. The van der Waals surface area contributed by atoms with Gasteiger partial charge in [-0.05, 0) is 12.8 Å². The molecule has 0 aromatic carbocycles. The Morgan fingerprint density at radius 1 is 1.62 bits per heavy atom. The summed E-state index contributed by atoms with van der Waals surface area (Å²) in [5, 5.41) is 17.7. The van der Waals surface area contributed by atoms with Crippen LogP contribution in [0.1, 0.15) is 12.8 Å².